The number of allylic oxidation sites excluding steroid dienone is 2. The van der Waals surface area contributed by atoms with Gasteiger partial charge in [0.1, 0.15) is 0 Å². The Hall–Kier alpha value is -3.70. The van der Waals surface area contributed by atoms with Gasteiger partial charge in [0.2, 0.25) is 5.91 Å². The van der Waals surface area contributed by atoms with Crippen molar-refractivity contribution in [2.45, 2.75) is 12.8 Å². The number of para-hydroxylation sites is 1. The summed E-state index contributed by atoms with van der Waals surface area (Å²) in [7, 11) is 0. The predicted octanol–water partition coefficient (Wildman–Crippen LogP) is 6.70. The highest BCUT2D eigenvalue weighted by Gasteiger charge is 2.34. The molecule has 1 unspecified atom stereocenters. The molecule has 1 aliphatic heterocycles. The monoisotopic (exact) mass is 548 g/mol. The molecule has 4 rings (SSSR count). The van der Waals surface area contributed by atoms with Crippen LogP contribution >= 0.6 is 35.0 Å². The number of hydrogen-bond donors (Lipinski definition) is 3. The van der Waals surface area contributed by atoms with E-state index in [9.17, 15) is 14.9 Å². The summed E-state index contributed by atoms with van der Waals surface area (Å²) in [5, 5.41) is 20.4. The van der Waals surface area contributed by atoms with E-state index in [-0.39, 0.29) is 17.6 Å². The second kappa shape index (κ2) is 12.0. The summed E-state index contributed by atoms with van der Waals surface area (Å²) >= 11 is 13.2. The summed E-state index contributed by atoms with van der Waals surface area (Å²) in [5.41, 5.74) is 3.33. The van der Waals surface area contributed by atoms with Gasteiger partial charge in [0.05, 0.1) is 28.3 Å². The van der Waals surface area contributed by atoms with Crippen LogP contribution in [0.3, 0.4) is 0 Å². The van der Waals surface area contributed by atoms with E-state index in [1.54, 1.807) is 37.3 Å². The van der Waals surface area contributed by atoms with Gasteiger partial charge in [-0.25, -0.2) is 0 Å². The van der Waals surface area contributed by atoms with Crippen LogP contribution in [-0.4, -0.2) is 17.6 Å². The molecule has 186 valence electrons. The third-order valence-electron chi connectivity index (χ3n) is 5.55. The fraction of sp³-hybridized carbons (Fsp3) is 0.107. The Morgan fingerprint density at radius 3 is 2.19 bits per heavy atom. The fourth-order valence-corrected chi connectivity index (χ4v) is 5.40. The molecule has 0 saturated carbocycles. The summed E-state index contributed by atoms with van der Waals surface area (Å²) in [5.74, 6) is -1.18. The van der Waals surface area contributed by atoms with Crippen molar-refractivity contribution in [3.05, 3.63) is 116 Å². The van der Waals surface area contributed by atoms with Crippen LogP contribution in [0.1, 0.15) is 18.4 Å². The Morgan fingerprint density at radius 1 is 0.946 bits per heavy atom. The summed E-state index contributed by atoms with van der Waals surface area (Å²) < 4.78 is 0. The molecule has 0 spiro atoms. The van der Waals surface area contributed by atoms with Crippen LogP contribution in [0.25, 0.3) is 0 Å². The molecule has 37 heavy (non-hydrogen) atoms. The molecule has 3 aromatic carbocycles. The lowest BCUT2D eigenvalue weighted by molar-refractivity contribution is -0.114. The van der Waals surface area contributed by atoms with Crippen LogP contribution in [0.4, 0.5) is 11.4 Å². The van der Waals surface area contributed by atoms with Gasteiger partial charge in [-0.3, -0.25) is 9.59 Å². The van der Waals surface area contributed by atoms with Gasteiger partial charge in [0.15, 0.2) is 0 Å². The molecule has 0 radical (unpaired) electrons. The number of carbonyl (C=O) groups is 2. The Kier molecular flexibility index (Phi) is 8.57. The first kappa shape index (κ1) is 26.4. The smallest absolute Gasteiger partial charge is 0.254 e. The standard InChI is InChI=1S/C28H22Cl2N4O2S/c1-17-25(27(36)34-21-10-6-3-7-11-21)26(18-8-4-2-5-9-18)23(15-31)28(32-17)37-16-24(35)33-22-13-19(29)12-20(30)14-22/h2-14,26,32H,16H2,1H3,(H,33,35)(H,34,36). The highest BCUT2D eigenvalue weighted by Crippen LogP contribution is 2.41. The number of nitrogens with one attached hydrogen (secondary N) is 3. The number of nitrogens with zero attached hydrogens (tertiary/aromatic N) is 1. The Balaban J connectivity index is 1.60. The second-order valence-corrected chi connectivity index (χ2v) is 10.0. The zero-order chi connectivity index (χ0) is 26.4. The summed E-state index contributed by atoms with van der Waals surface area (Å²) in [4.78, 5) is 26.1. The fourth-order valence-electron chi connectivity index (χ4n) is 3.99. The highest BCUT2D eigenvalue weighted by molar-refractivity contribution is 8.03. The number of carbonyl (C=O) groups excluding carboxylic acids is 2. The SMILES string of the molecule is CC1=C(C(=O)Nc2ccccc2)C(c2ccccc2)C(C#N)=C(SCC(=O)Nc2cc(Cl)cc(Cl)c2)N1. The van der Waals surface area contributed by atoms with Gasteiger partial charge >= 0.3 is 0 Å². The molecule has 3 N–H and O–H groups in total. The molecule has 1 aliphatic rings. The first-order valence-corrected chi connectivity index (χ1v) is 13.0. The lowest BCUT2D eigenvalue weighted by Crippen LogP contribution is -2.31. The minimum atomic E-state index is -0.603. The quantitative estimate of drug-likeness (QED) is 0.305. The largest absolute Gasteiger partial charge is 0.353 e. The number of halogens is 2. The third-order valence-corrected chi connectivity index (χ3v) is 7.00. The predicted molar refractivity (Wildman–Crippen MR) is 150 cm³/mol. The van der Waals surface area contributed by atoms with E-state index in [1.807, 2.05) is 48.5 Å². The molecule has 3 aromatic rings. The van der Waals surface area contributed by atoms with Gasteiger partial charge in [-0.05, 0) is 42.8 Å². The van der Waals surface area contributed by atoms with E-state index < -0.39 is 5.92 Å². The van der Waals surface area contributed by atoms with Gasteiger partial charge < -0.3 is 16.0 Å². The Bertz CT molecular complexity index is 1410. The lowest BCUT2D eigenvalue weighted by atomic mass is 9.82. The van der Waals surface area contributed by atoms with Gasteiger partial charge in [-0.2, -0.15) is 5.26 Å². The van der Waals surface area contributed by atoms with E-state index in [4.69, 9.17) is 23.2 Å². The lowest BCUT2D eigenvalue weighted by Gasteiger charge is -2.29. The number of rotatable bonds is 7. The van der Waals surface area contributed by atoms with Crippen molar-refractivity contribution in [3.63, 3.8) is 0 Å². The molecule has 0 fully saturated rings. The van der Waals surface area contributed by atoms with Crippen molar-refractivity contribution in [1.29, 1.82) is 5.26 Å². The van der Waals surface area contributed by atoms with E-state index in [1.165, 1.54) is 11.8 Å². The van der Waals surface area contributed by atoms with Crippen LogP contribution in [-0.2, 0) is 9.59 Å². The highest BCUT2D eigenvalue weighted by atomic mass is 35.5. The van der Waals surface area contributed by atoms with E-state index in [0.717, 1.165) is 5.56 Å². The van der Waals surface area contributed by atoms with E-state index >= 15 is 0 Å². The minimum absolute atomic E-state index is 0.0258. The number of amides is 2. The zero-order valence-electron chi connectivity index (χ0n) is 19.7. The maximum atomic E-state index is 13.4. The molecule has 0 bridgehead atoms. The van der Waals surface area contributed by atoms with Gasteiger partial charge in [-0.15, -0.1) is 0 Å². The van der Waals surface area contributed by atoms with E-state index in [0.29, 0.717) is 43.3 Å². The van der Waals surface area contributed by atoms with E-state index in [2.05, 4.69) is 22.0 Å². The van der Waals surface area contributed by atoms with Crippen molar-refractivity contribution < 1.29 is 9.59 Å². The number of thioether (sulfide) groups is 1. The Labute approximate surface area is 229 Å². The van der Waals surface area contributed by atoms with Crippen LogP contribution in [0.5, 0.6) is 0 Å². The minimum Gasteiger partial charge on any atom is -0.353 e. The van der Waals surface area contributed by atoms with Gasteiger partial charge in [0, 0.05) is 32.7 Å². The van der Waals surface area contributed by atoms with Crippen molar-refractivity contribution in [2.24, 2.45) is 0 Å². The van der Waals surface area contributed by atoms with Crippen LogP contribution < -0.4 is 16.0 Å². The molecule has 0 aliphatic carbocycles. The molecule has 9 heteroatoms. The maximum absolute atomic E-state index is 13.4. The zero-order valence-corrected chi connectivity index (χ0v) is 22.0. The van der Waals surface area contributed by atoms with Crippen LogP contribution in [0.2, 0.25) is 10.0 Å². The first-order valence-electron chi connectivity index (χ1n) is 11.3. The summed E-state index contributed by atoms with van der Waals surface area (Å²) in [6.45, 7) is 1.79. The molecule has 1 heterocycles. The normalized spacial score (nSPS) is 15.0. The molecule has 0 aromatic heterocycles. The summed E-state index contributed by atoms with van der Waals surface area (Å²) in [6.07, 6.45) is 0. The second-order valence-electron chi connectivity index (χ2n) is 8.18. The molecular formula is C28H22Cl2N4O2S. The molecule has 6 nitrogen and oxygen atoms in total. The average molecular weight is 549 g/mol. The molecule has 1 atom stereocenters. The summed E-state index contributed by atoms with van der Waals surface area (Å²) in [6, 6.07) is 25.6. The van der Waals surface area contributed by atoms with Crippen molar-refractivity contribution in [1.82, 2.24) is 5.32 Å². The molecule has 2 amide bonds. The average Bonchev–Trinajstić information content (AvgIpc) is 2.87. The first-order chi connectivity index (χ1) is 17.9. The third kappa shape index (κ3) is 6.55. The Morgan fingerprint density at radius 2 is 1.57 bits per heavy atom. The van der Waals surface area contributed by atoms with Crippen molar-refractivity contribution in [3.8, 4) is 6.07 Å². The van der Waals surface area contributed by atoms with Crippen molar-refractivity contribution in [2.75, 3.05) is 16.4 Å². The number of dihydropyridines is 1. The maximum Gasteiger partial charge on any atom is 0.254 e. The number of anilines is 2. The van der Waals surface area contributed by atoms with Gasteiger partial charge in [-0.1, -0.05) is 83.5 Å². The molecule has 0 saturated heterocycles. The van der Waals surface area contributed by atoms with Gasteiger partial charge in [0.25, 0.3) is 5.91 Å². The molecular weight excluding hydrogens is 527 g/mol. The number of hydrogen-bond acceptors (Lipinski definition) is 5. The van der Waals surface area contributed by atoms with Crippen molar-refractivity contribution >= 4 is 58.2 Å². The topological polar surface area (TPSA) is 94.0 Å². The number of nitriles is 1. The number of benzene rings is 3. The van der Waals surface area contributed by atoms with Crippen LogP contribution in [0.15, 0.2) is 101 Å². The van der Waals surface area contributed by atoms with Crippen LogP contribution in [0, 0.1) is 11.3 Å².